The molecule has 1 heteroatoms. The molecular weight excluding hydrogens is 158 g/mol. The molecule has 13 heavy (non-hydrogen) atoms. The van der Waals surface area contributed by atoms with Crippen molar-refractivity contribution in [2.45, 2.75) is 52.0 Å². The first-order chi connectivity index (χ1) is 6.36. The van der Waals surface area contributed by atoms with E-state index in [1.807, 2.05) is 6.92 Å². The largest absolute Gasteiger partial charge is 0.313 e. The molecule has 0 amide bonds. The Morgan fingerprint density at radius 3 is 2.69 bits per heavy atom. The molecule has 0 aromatic rings. The third-order valence-corrected chi connectivity index (χ3v) is 2.86. The van der Waals surface area contributed by atoms with Crippen molar-refractivity contribution in [3.8, 4) is 11.8 Å². The highest BCUT2D eigenvalue weighted by molar-refractivity contribution is 4.98. The van der Waals surface area contributed by atoms with Gasteiger partial charge in [0, 0.05) is 12.5 Å². The molecular formula is C12H21N. The van der Waals surface area contributed by atoms with Gasteiger partial charge in [-0.3, -0.25) is 0 Å². The molecule has 0 bridgehead atoms. The molecule has 0 radical (unpaired) electrons. The van der Waals surface area contributed by atoms with Crippen LogP contribution in [0.2, 0.25) is 0 Å². The van der Waals surface area contributed by atoms with Gasteiger partial charge < -0.3 is 5.32 Å². The van der Waals surface area contributed by atoms with Gasteiger partial charge in [-0.25, -0.2) is 0 Å². The Balaban J connectivity index is 2.21. The standard InChI is InChI=1S/C12H21N/c1-3-5-9-12(13-4-2)10-11-7-6-8-11/h11-13H,4,6-10H2,1-2H3. The van der Waals surface area contributed by atoms with Crippen molar-refractivity contribution in [2.75, 3.05) is 6.54 Å². The second-order valence-electron chi connectivity index (χ2n) is 3.92. The first-order valence-electron chi connectivity index (χ1n) is 5.49. The van der Waals surface area contributed by atoms with E-state index in [-0.39, 0.29) is 0 Å². The molecule has 1 atom stereocenters. The van der Waals surface area contributed by atoms with Crippen LogP contribution < -0.4 is 5.32 Å². The maximum absolute atomic E-state index is 3.51. The summed E-state index contributed by atoms with van der Waals surface area (Å²) in [6.45, 7) is 5.17. The van der Waals surface area contributed by atoms with Gasteiger partial charge in [0.1, 0.15) is 0 Å². The molecule has 1 aliphatic carbocycles. The zero-order chi connectivity index (χ0) is 9.52. The molecule has 1 N–H and O–H groups in total. The summed E-state index contributed by atoms with van der Waals surface area (Å²) in [5.74, 6) is 7.14. The summed E-state index contributed by atoms with van der Waals surface area (Å²) in [6, 6.07) is 0.641. The van der Waals surface area contributed by atoms with E-state index < -0.39 is 0 Å². The van der Waals surface area contributed by atoms with E-state index in [4.69, 9.17) is 0 Å². The van der Waals surface area contributed by atoms with Gasteiger partial charge in [-0.1, -0.05) is 26.2 Å². The quantitative estimate of drug-likeness (QED) is 0.640. The van der Waals surface area contributed by atoms with Crippen LogP contribution in [0.15, 0.2) is 0 Å². The van der Waals surface area contributed by atoms with Gasteiger partial charge in [0.25, 0.3) is 0 Å². The minimum absolute atomic E-state index is 0.641. The van der Waals surface area contributed by atoms with Gasteiger partial charge >= 0.3 is 0 Å². The van der Waals surface area contributed by atoms with E-state index in [0.29, 0.717) is 6.04 Å². The van der Waals surface area contributed by atoms with Crippen LogP contribution in [-0.2, 0) is 0 Å². The van der Waals surface area contributed by atoms with Crippen molar-refractivity contribution in [1.82, 2.24) is 5.32 Å². The first-order valence-corrected chi connectivity index (χ1v) is 5.49. The summed E-state index contributed by atoms with van der Waals surface area (Å²) in [5, 5.41) is 3.51. The highest BCUT2D eigenvalue weighted by atomic mass is 14.9. The topological polar surface area (TPSA) is 12.0 Å². The fraction of sp³-hybridized carbons (Fsp3) is 0.833. The second-order valence-corrected chi connectivity index (χ2v) is 3.92. The zero-order valence-electron chi connectivity index (χ0n) is 8.90. The van der Waals surface area contributed by atoms with Crippen molar-refractivity contribution in [3.63, 3.8) is 0 Å². The smallest absolute Gasteiger partial charge is 0.0243 e. The molecule has 1 aliphatic rings. The van der Waals surface area contributed by atoms with Crippen molar-refractivity contribution in [3.05, 3.63) is 0 Å². The van der Waals surface area contributed by atoms with Crippen LogP contribution in [-0.4, -0.2) is 12.6 Å². The number of hydrogen-bond acceptors (Lipinski definition) is 1. The maximum atomic E-state index is 3.51. The summed E-state index contributed by atoms with van der Waals surface area (Å²) in [5.41, 5.74) is 0. The minimum Gasteiger partial charge on any atom is -0.313 e. The lowest BCUT2D eigenvalue weighted by Gasteiger charge is -2.29. The molecule has 0 aromatic carbocycles. The Kier molecular flexibility index (Phi) is 4.93. The normalized spacial score (nSPS) is 18.6. The molecule has 0 aliphatic heterocycles. The maximum Gasteiger partial charge on any atom is 0.0243 e. The summed E-state index contributed by atoms with van der Waals surface area (Å²) >= 11 is 0. The predicted molar refractivity (Wildman–Crippen MR) is 57.5 cm³/mol. The summed E-state index contributed by atoms with van der Waals surface area (Å²) in [4.78, 5) is 0. The summed E-state index contributed by atoms with van der Waals surface area (Å²) < 4.78 is 0. The highest BCUT2D eigenvalue weighted by Gasteiger charge is 2.20. The van der Waals surface area contributed by atoms with E-state index in [2.05, 4.69) is 24.1 Å². The predicted octanol–water partition coefficient (Wildman–Crippen LogP) is 2.57. The van der Waals surface area contributed by atoms with Crippen LogP contribution in [0.3, 0.4) is 0 Å². The van der Waals surface area contributed by atoms with E-state index in [1.165, 1.54) is 25.7 Å². The molecule has 1 unspecified atom stereocenters. The number of hydrogen-bond donors (Lipinski definition) is 1. The minimum atomic E-state index is 0.641. The van der Waals surface area contributed by atoms with Crippen LogP contribution >= 0.6 is 0 Å². The van der Waals surface area contributed by atoms with Crippen molar-refractivity contribution in [1.29, 1.82) is 0 Å². The Bertz CT molecular complexity index is 183. The Morgan fingerprint density at radius 1 is 1.46 bits per heavy atom. The molecule has 1 saturated carbocycles. The van der Waals surface area contributed by atoms with Crippen LogP contribution in [0.1, 0.15) is 46.0 Å². The van der Waals surface area contributed by atoms with Gasteiger partial charge in [0.05, 0.1) is 0 Å². The molecule has 0 aromatic heterocycles. The lowest BCUT2D eigenvalue weighted by molar-refractivity contribution is 0.262. The zero-order valence-corrected chi connectivity index (χ0v) is 8.90. The van der Waals surface area contributed by atoms with E-state index in [1.54, 1.807) is 0 Å². The SMILES string of the molecule is CC#CCC(CC1CCC1)NCC. The summed E-state index contributed by atoms with van der Waals surface area (Å²) in [7, 11) is 0. The monoisotopic (exact) mass is 179 g/mol. The van der Waals surface area contributed by atoms with Gasteiger partial charge in [-0.15, -0.1) is 11.8 Å². The number of nitrogens with one attached hydrogen (secondary N) is 1. The van der Waals surface area contributed by atoms with Gasteiger partial charge in [0.2, 0.25) is 0 Å². The Hall–Kier alpha value is -0.480. The third kappa shape index (κ3) is 3.83. The fourth-order valence-corrected chi connectivity index (χ4v) is 1.88. The fourth-order valence-electron chi connectivity index (χ4n) is 1.88. The second kappa shape index (κ2) is 6.05. The molecule has 74 valence electrons. The summed E-state index contributed by atoms with van der Waals surface area (Å²) in [6.07, 6.45) is 6.70. The van der Waals surface area contributed by atoms with E-state index in [0.717, 1.165) is 18.9 Å². The lowest BCUT2D eigenvalue weighted by Crippen LogP contribution is -2.32. The molecule has 1 fully saturated rings. The molecule has 1 rings (SSSR count). The lowest BCUT2D eigenvalue weighted by atomic mass is 9.80. The molecule has 0 heterocycles. The average Bonchev–Trinajstić information content (AvgIpc) is 2.07. The Morgan fingerprint density at radius 2 is 2.23 bits per heavy atom. The third-order valence-electron chi connectivity index (χ3n) is 2.86. The van der Waals surface area contributed by atoms with Crippen molar-refractivity contribution >= 4 is 0 Å². The molecule has 1 nitrogen and oxygen atoms in total. The van der Waals surface area contributed by atoms with Crippen molar-refractivity contribution in [2.24, 2.45) is 5.92 Å². The molecule has 0 spiro atoms. The Labute approximate surface area is 82.3 Å². The first kappa shape index (κ1) is 10.6. The van der Waals surface area contributed by atoms with Crippen molar-refractivity contribution < 1.29 is 0 Å². The van der Waals surface area contributed by atoms with Crippen LogP contribution in [0.4, 0.5) is 0 Å². The number of rotatable bonds is 5. The van der Waals surface area contributed by atoms with E-state index in [9.17, 15) is 0 Å². The van der Waals surface area contributed by atoms with Crippen LogP contribution in [0.5, 0.6) is 0 Å². The van der Waals surface area contributed by atoms with Gasteiger partial charge in [0.15, 0.2) is 0 Å². The van der Waals surface area contributed by atoms with Gasteiger partial charge in [-0.2, -0.15) is 0 Å². The van der Waals surface area contributed by atoms with Gasteiger partial charge in [-0.05, 0) is 25.8 Å². The average molecular weight is 179 g/mol. The van der Waals surface area contributed by atoms with Crippen LogP contribution in [0.25, 0.3) is 0 Å². The van der Waals surface area contributed by atoms with E-state index >= 15 is 0 Å². The molecule has 0 saturated heterocycles. The highest BCUT2D eigenvalue weighted by Crippen LogP contribution is 2.30. The van der Waals surface area contributed by atoms with Crippen LogP contribution in [0, 0.1) is 17.8 Å².